The van der Waals surface area contributed by atoms with E-state index in [2.05, 4.69) is 37.9 Å². The summed E-state index contributed by atoms with van der Waals surface area (Å²) < 4.78 is 9.29. The van der Waals surface area contributed by atoms with Crippen molar-refractivity contribution in [2.45, 2.75) is 122 Å². The molecule has 0 heterocycles. The summed E-state index contributed by atoms with van der Waals surface area (Å²) in [6.07, 6.45) is 25.8. The molecular weight excluding hydrogens is 447 g/mol. The summed E-state index contributed by atoms with van der Waals surface area (Å²) in [5, 5.41) is 0. The van der Waals surface area contributed by atoms with Gasteiger partial charge in [0.15, 0.2) is 0 Å². The van der Waals surface area contributed by atoms with Crippen LogP contribution in [-0.4, -0.2) is 6.16 Å². The molecule has 0 rings (SSSR count). The number of unbranched alkanes of at least 4 members (excludes halogenated alkanes) is 17. The van der Waals surface area contributed by atoms with E-state index in [4.69, 9.17) is 0 Å². The Bertz CT molecular complexity index is 291. The third-order valence-corrected chi connectivity index (χ3v) is 7.74. The fourth-order valence-electron chi connectivity index (χ4n) is 3.20. The maximum Gasteiger partial charge on any atom is 0.208 e. The van der Waals surface area contributed by atoms with Crippen molar-refractivity contribution in [1.82, 2.24) is 0 Å². The number of hydrogen-bond donors (Lipinski definition) is 0. The smallest absolute Gasteiger partial charge is 0.208 e. The van der Waals surface area contributed by atoms with Gasteiger partial charge in [0.25, 0.3) is 0 Å². The Balaban J connectivity index is 3.02. The summed E-state index contributed by atoms with van der Waals surface area (Å²) in [6.45, 7) is 2.29. The monoisotopic (exact) mass is 486 g/mol. The highest BCUT2D eigenvalue weighted by Crippen LogP contribution is 2.61. The lowest BCUT2D eigenvalue weighted by Crippen LogP contribution is -1.84. The lowest BCUT2D eigenvalue weighted by Gasteiger charge is -2.04. The first-order chi connectivity index (χ1) is 11.6. The Labute approximate surface area is 168 Å². The van der Waals surface area contributed by atoms with Crippen molar-refractivity contribution in [2.24, 2.45) is 0 Å². The molecule has 0 radical (unpaired) electrons. The fourth-order valence-corrected chi connectivity index (χ4v) is 5.29. The van der Waals surface area contributed by atoms with Crippen LogP contribution in [0.1, 0.15) is 122 Å². The molecule has 0 saturated heterocycles. The maximum absolute atomic E-state index is 11.4. The SMILES string of the molecule is CCCCCCCCCCCCCCCCCCCCP(=O)(Br)Br. The Morgan fingerprint density at radius 3 is 1.00 bits per heavy atom. The van der Waals surface area contributed by atoms with Gasteiger partial charge in [0.05, 0.1) is 0 Å². The molecule has 0 spiro atoms. The van der Waals surface area contributed by atoms with Gasteiger partial charge in [-0.05, 0) is 37.4 Å². The normalized spacial score (nSPS) is 12.0. The molecule has 0 aromatic heterocycles. The topological polar surface area (TPSA) is 17.1 Å². The first-order valence-corrected chi connectivity index (χ1v) is 16.5. The molecule has 0 atom stereocenters. The van der Waals surface area contributed by atoms with Crippen LogP contribution in [0.3, 0.4) is 0 Å². The van der Waals surface area contributed by atoms with E-state index in [1.54, 1.807) is 0 Å². The zero-order chi connectivity index (χ0) is 17.9. The van der Waals surface area contributed by atoms with Crippen LogP contribution in [0.5, 0.6) is 0 Å². The molecule has 0 amide bonds. The van der Waals surface area contributed by atoms with Crippen molar-refractivity contribution in [3.63, 3.8) is 0 Å². The van der Waals surface area contributed by atoms with Gasteiger partial charge in [0.2, 0.25) is 4.55 Å². The predicted molar refractivity (Wildman–Crippen MR) is 119 cm³/mol. The number of rotatable bonds is 19. The molecule has 0 aliphatic carbocycles. The van der Waals surface area contributed by atoms with Gasteiger partial charge in [0.1, 0.15) is 0 Å². The maximum atomic E-state index is 11.4. The van der Waals surface area contributed by atoms with Gasteiger partial charge in [-0.15, -0.1) is 0 Å². The highest BCUT2D eigenvalue weighted by atomic mass is 79.9. The molecule has 0 N–H and O–H groups in total. The second kappa shape index (κ2) is 19.0. The molecule has 0 saturated carbocycles. The largest absolute Gasteiger partial charge is 0.300 e. The molecule has 0 aromatic rings. The molecule has 0 bridgehead atoms. The predicted octanol–water partition coefficient (Wildman–Crippen LogP) is 10.0. The van der Waals surface area contributed by atoms with Crippen LogP contribution in [0.4, 0.5) is 0 Å². The van der Waals surface area contributed by atoms with Crippen molar-refractivity contribution >= 4 is 35.5 Å². The minimum atomic E-state index is -2.13. The van der Waals surface area contributed by atoms with Gasteiger partial charge < -0.3 is 0 Å². The molecular formula is C20H41Br2OP. The van der Waals surface area contributed by atoms with E-state index in [1.165, 1.54) is 109 Å². The third-order valence-electron chi connectivity index (χ3n) is 4.77. The fraction of sp³-hybridized carbons (Fsp3) is 1.00. The Kier molecular flexibility index (Phi) is 19.9. The van der Waals surface area contributed by atoms with Crippen molar-refractivity contribution < 1.29 is 4.57 Å². The van der Waals surface area contributed by atoms with Gasteiger partial charge in [-0.1, -0.05) is 116 Å². The molecule has 1 nitrogen and oxygen atoms in total. The Hall–Kier alpha value is 1.19. The van der Waals surface area contributed by atoms with E-state index in [0.717, 1.165) is 12.6 Å². The van der Waals surface area contributed by atoms with E-state index in [-0.39, 0.29) is 0 Å². The molecule has 0 aliphatic rings. The molecule has 0 aromatic carbocycles. The van der Waals surface area contributed by atoms with Crippen molar-refractivity contribution in [3.8, 4) is 0 Å². The van der Waals surface area contributed by atoms with Gasteiger partial charge in [0, 0.05) is 6.16 Å². The van der Waals surface area contributed by atoms with E-state index in [0.29, 0.717) is 0 Å². The summed E-state index contributed by atoms with van der Waals surface area (Å²) in [7, 11) is 0. The van der Waals surface area contributed by atoms with Crippen LogP contribution in [0, 0.1) is 0 Å². The van der Waals surface area contributed by atoms with Gasteiger partial charge >= 0.3 is 0 Å². The summed E-state index contributed by atoms with van der Waals surface area (Å²) in [5.74, 6) is 0. The second-order valence-corrected chi connectivity index (χ2v) is 18.6. The van der Waals surface area contributed by atoms with Crippen LogP contribution >= 0.6 is 35.5 Å². The van der Waals surface area contributed by atoms with E-state index >= 15 is 0 Å². The van der Waals surface area contributed by atoms with Crippen LogP contribution in [0.25, 0.3) is 0 Å². The van der Waals surface area contributed by atoms with Crippen LogP contribution in [0.15, 0.2) is 0 Å². The molecule has 0 fully saturated rings. The lowest BCUT2D eigenvalue weighted by molar-refractivity contribution is 0.526. The molecule has 24 heavy (non-hydrogen) atoms. The summed E-state index contributed by atoms with van der Waals surface area (Å²) in [4.78, 5) is 0. The van der Waals surface area contributed by atoms with E-state index < -0.39 is 4.55 Å². The summed E-state index contributed by atoms with van der Waals surface area (Å²) in [6, 6.07) is 0. The first-order valence-electron chi connectivity index (χ1n) is 10.5. The molecule has 4 heteroatoms. The molecule has 0 aliphatic heterocycles. The lowest BCUT2D eigenvalue weighted by atomic mass is 10.0. The van der Waals surface area contributed by atoms with Gasteiger partial charge in [-0.25, -0.2) is 0 Å². The average molecular weight is 488 g/mol. The van der Waals surface area contributed by atoms with Crippen molar-refractivity contribution in [3.05, 3.63) is 0 Å². The van der Waals surface area contributed by atoms with Crippen molar-refractivity contribution in [2.75, 3.05) is 6.16 Å². The Morgan fingerprint density at radius 2 is 0.750 bits per heavy atom. The zero-order valence-corrected chi connectivity index (χ0v) is 20.1. The van der Waals surface area contributed by atoms with Crippen LogP contribution in [-0.2, 0) is 4.57 Å². The number of halogens is 2. The highest BCUT2D eigenvalue weighted by Gasteiger charge is 2.10. The van der Waals surface area contributed by atoms with Crippen molar-refractivity contribution in [1.29, 1.82) is 0 Å². The third kappa shape index (κ3) is 23.2. The minimum Gasteiger partial charge on any atom is -0.300 e. The van der Waals surface area contributed by atoms with Crippen LogP contribution < -0.4 is 0 Å². The standard InChI is InChI=1S/C20H41Br2OP/c1-2-3-4-5-6-7-8-9-10-11-12-13-14-15-16-17-18-19-20-24(21,22)23/h2-20H2,1H3. The second-order valence-electron chi connectivity index (χ2n) is 7.30. The number of hydrogen-bond acceptors (Lipinski definition) is 1. The first kappa shape index (κ1) is 25.2. The highest BCUT2D eigenvalue weighted by molar-refractivity contribution is 9.70. The minimum absolute atomic E-state index is 0.783. The summed E-state index contributed by atoms with van der Waals surface area (Å²) in [5.41, 5.74) is 0. The average Bonchev–Trinajstić information content (AvgIpc) is 2.52. The quantitative estimate of drug-likeness (QED) is 0.131. The molecule has 146 valence electrons. The molecule has 0 unspecified atom stereocenters. The van der Waals surface area contributed by atoms with Crippen LogP contribution in [0.2, 0.25) is 0 Å². The van der Waals surface area contributed by atoms with E-state index in [9.17, 15) is 4.57 Å². The van der Waals surface area contributed by atoms with Gasteiger partial charge in [-0.2, -0.15) is 0 Å². The van der Waals surface area contributed by atoms with Gasteiger partial charge in [-0.3, -0.25) is 4.57 Å². The summed E-state index contributed by atoms with van der Waals surface area (Å²) >= 11 is 6.40. The Morgan fingerprint density at radius 1 is 0.500 bits per heavy atom. The van der Waals surface area contributed by atoms with E-state index in [1.807, 2.05) is 0 Å². The zero-order valence-electron chi connectivity index (χ0n) is 16.0.